The summed E-state index contributed by atoms with van der Waals surface area (Å²) in [6.07, 6.45) is 1.20. The first-order valence-corrected chi connectivity index (χ1v) is 13.7. The number of hydrogen-bond donors (Lipinski definition) is 4. The second kappa shape index (κ2) is 17.0. The van der Waals surface area contributed by atoms with Crippen LogP contribution in [0.5, 0.6) is 5.75 Å². The molecule has 0 spiro atoms. The van der Waals surface area contributed by atoms with Gasteiger partial charge in [-0.2, -0.15) is 0 Å². The Kier molecular flexibility index (Phi) is 13.1. The van der Waals surface area contributed by atoms with Crippen molar-refractivity contribution in [1.82, 2.24) is 10.6 Å². The van der Waals surface area contributed by atoms with E-state index in [1.807, 2.05) is 60.7 Å². The van der Waals surface area contributed by atoms with Crippen LogP contribution in [0.3, 0.4) is 0 Å². The van der Waals surface area contributed by atoms with Gasteiger partial charge in [0.2, 0.25) is 11.8 Å². The molecule has 3 rings (SSSR count). The quantitative estimate of drug-likeness (QED) is 0.187. The molecule has 0 aliphatic carbocycles. The van der Waals surface area contributed by atoms with E-state index in [9.17, 15) is 19.8 Å². The SMILES string of the molecule is C=CC[C@H](CC(=O)N[C@H](CO)Cc1ccc(OCc2ccccc2)cc1)C(=O)N[C@@H](COC)[C@@H](O)c1ccccc1. The Labute approximate surface area is 242 Å². The number of methoxy groups -OCH3 is 1. The molecule has 0 heterocycles. The van der Waals surface area contributed by atoms with Gasteiger partial charge in [0.1, 0.15) is 18.5 Å². The van der Waals surface area contributed by atoms with Crippen molar-refractivity contribution < 1.29 is 29.3 Å². The number of carbonyl (C=O) groups is 2. The van der Waals surface area contributed by atoms with Crippen LogP contribution in [0.15, 0.2) is 97.6 Å². The van der Waals surface area contributed by atoms with Gasteiger partial charge < -0.3 is 30.3 Å². The number of ether oxygens (including phenoxy) is 2. The van der Waals surface area contributed by atoms with Crippen LogP contribution in [0, 0.1) is 5.92 Å². The van der Waals surface area contributed by atoms with Crippen LogP contribution < -0.4 is 15.4 Å². The van der Waals surface area contributed by atoms with Gasteiger partial charge >= 0.3 is 0 Å². The third kappa shape index (κ3) is 10.5. The summed E-state index contributed by atoms with van der Waals surface area (Å²) >= 11 is 0. The van der Waals surface area contributed by atoms with E-state index in [1.165, 1.54) is 7.11 Å². The zero-order chi connectivity index (χ0) is 29.5. The number of amides is 2. The molecule has 0 aliphatic rings. The predicted octanol–water partition coefficient (Wildman–Crippen LogP) is 3.73. The summed E-state index contributed by atoms with van der Waals surface area (Å²) in [6.45, 7) is 4.03. The topological polar surface area (TPSA) is 117 Å². The molecule has 41 heavy (non-hydrogen) atoms. The molecule has 0 saturated carbocycles. The van der Waals surface area contributed by atoms with E-state index >= 15 is 0 Å². The molecular formula is C33H40N2O6. The Morgan fingerprint density at radius 1 is 0.927 bits per heavy atom. The van der Waals surface area contributed by atoms with Gasteiger partial charge in [-0.1, -0.05) is 78.9 Å². The highest BCUT2D eigenvalue weighted by Gasteiger charge is 2.28. The number of rotatable bonds is 17. The maximum Gasteiger partial charge on any atom is 0.224 e. The average molecular weight is 561 g/mol. The number of aliphatic hydroxyl groups is 2. The van der Waals surface area contributed by atoms with Gasteiger partial charge in [0.05, 0.1) is 31.2 Å². The van der Waals surface area contributed by atoms with E-state index in [1.54, 1.807) is 30.3 Å². The van der Waals surface area contributed by atoms with Crippen LogP contribution in [-0.4, -0.2) is 54.4 Å². The predicted molar refractivity (Wildman–Crippen MR) is 158 cm³/mol. The highest BCUT2D eigenvalue weighted by molar-refractivity contribution is 5.86. The molecule has 3 aromatic rings. The Morgan fingerprint density at radius 3 is 2.20 bits per heavy atom. The first-order valence-electron chi connectivity index (χ1n) is 13.7. The largest absolute Gasteiger partial charge is 0.489 e. The van der Waals surface area contributed by atoms with E-state index in [-0.39, 0.29) is 37.9 Å². The molecule has 0 aliphatic heterocycles. The standard InChI is InChI=1S/C33H40N2O6/c1-3-10-27(33(39)35-30(23-40-2)32(38)26-13-8-5-9-14-26)20-31(37)34-28(21-36)19-24-15-17-29(18-16-24)41-22-25-11-6-4-7-12-25/h3-9,11-18,27-28,30,32,36,38H,1,10,19-23H2,2H3,(H,34,37)(H,35,39)/t27-,28+,30+,32+/m1/s1. The molecule has 218 valence electrons. The Balaban J connectivity index is 1.54. The second-order valence-electron chi connectivity index (χ2n) is 9.92. The zero-order valence-electron chi connectivity index (χ0n) is 23.4. The summed E-state index contributed by atoms with van der Waals surface area (Å²) in [6, 6.07) is 25.2. The Morgan fingerprint density at radius 2 is 1.59 bits per heavy atom. The molecule has 2 amide bonds. The molecule has 3 aromatic carbocycles. The number of nitrogens with one attached hydrogen (secondary N) is 2. The fourth-order valence-corrected chi connectivity index (χ4v) is 4.48. The lowest BCUT2D eigenvalue weighted by atomic mass is 9.97. The number of aliphatic hydroxyl groups excluding tert-OH is 2. The number of carbonyl (C=O) groups excluding carboxylic acids is 2. The van der Waals surface area contributed by atoms with Crippen LogP contribution in [0.25, 0.3) is 0 Å². The molecule has 0 saturated heterocycles. The van der Waals surface area contributed by atoms with Crippen molar-refractivity contribution in [2.45, 2.75) is 44.1 Å². The fraction of sp³-hybridized carbons (Fsp3) is 0.333. The van der Waals surface area contributed by atoms with Crippen molar-refractivity contribution in [3.63, 3.8) is 0 Å². The van der Waals surface area contributed by atoms with E-state index in [0.29, 0.717) is 18.6 Å². The molecule has 0 unspecified atom stereocenters. The van der Waals surface area contributed by atoms with E-state index < -0.39 is 24.1 Å². The Bertz CT molecular complexity index is 1200. The van der Waals surface area contributed by atoms with Crippen LogP contribution >= 0.6 is 0 Å². The van der Waals surface area contributed by atoms with Crippen molar-refractivity contribution in [1.29, 1.82) is 0 Å². The molecule has 0 radical (unpaired) electrons. The van der Waals surface area contributed by atoms with Gasteiger partial charge in [0.15, 0.2) is 0 Å². The summed E-state index contributed by atoms with van der Waals surface area (Å²) < 4.78 is 11.0. The minimum absolute atomic E-state index is 0.0947. The number of hydrogen-bond acceptors (Lipinski definition) is 6. The summed E-state index contributed by atoms with van der Waals surface area (Å²) in [5, 5.41) is 26.4. The van der Waals surface area contributed by atoms with Crippen LogP contribution in [0.4, 0.5) is 0 Å². The van der Waals surface area contributed by atoms with Gasteiger partial charge in [-0.05, 0) is 41.7 Å². The maximum atomic E-state index is 13.1. The van der Waals surface area contributed by atoms with Gasteiger partial charge in [-0.25, -0.2) is 0 Å². The lowest BCUT2D eigenvalue weighted by Gasteiger charge is -2.26. The van der Waals surface area contributed by atoms with Crippen LogP contribution in [0.2, 0.25) is 0 Å². The minimum Gasteiger partial charge on any atom is -0.489 e. The summed E-state index contributed by atoms with van der Waals surface area (Å²) in [5.41, 5.74) is 2.65. The highest BCUT2D eigenvalue weighted by Crippen LogP contribution is 2.19. The van der Waals surface area contributed by atoms with Crippen molar-refractivity contribution in [3.8, 4) is 5.75 Å². The highest BCUT2D eigenvalue weighted by atomic mass is 16.5. The van der Waals surface area contributed by atoms with Gasteiger partial charge in [0.25, 0.3) is 0 Å². The lowest BCUT2D eigenvalue weighted by molar-refractivity contribution is -0.132. The first-order chi connectivity index (χ1) is 19.9. The van der Waals surface area contributed by atoms with Gasteiger partial charge in [-0.3, -0.25) is 9.59 Å². The van der Waals surface area contributed by atoms with E-state index in [4.69, 9.17) is 9.47 Å². The van der Waals surface area contributed by atoms with E-state index in [0.717, 1.165) is 16.9 Å². The smallest absolute Gasteiger partial charge is 0.224 e. The summed E-state index contributed by atoms with van der Waals surface area (Å²) in [7, 11) is 1.49. The van der Waals surface area contributed by atoms with Crippen molar-refractivity contribution in [3.05, 3.63) is 114 Å². The van der Waals surface area contributed by atoms with Crippen LogP contribution in [0.1, 0.15) is 35.6 Å². The summed E-state index contributed by atoms with van der Waals surface area (Å²) in [4.78, 5) is 26.0. The maximum absolute atomic E-state index is 13.1. The lowest BCUT2D eigenvalue weighted by Crippen LogP contribution is -2.46. The molecular weight excluding hydrogens is 520 g/mol. The molecule has 0 bridgehead atoms. The molecule has 4 atom stereocenters. The third-order valence-corrected chi connectivity index (χ3v) is 6.69. The molecule has 0 fully saturated rings. The summed E-state index contributed by atoms with van der Waals surface area (Å²) in [5.74, 6) is -0.718. The first kappa shape index (κ1) is 31.5. The molecule has 8 heteroatoms. The fourth-order valence-electron chi connectivity index (χ4n) is 4.48. The Hall–Kier alpha value is -3.98. The number of allylic oxidation sites excluding steroid dienone is 1. The van der Waals surface area contributed by atoms with Gasteiger partial charge in [0, 0.05) is 13.5 Å². The third-order valence-electron chi connectivity index (χ3n) is 6.69. The molecule has 0 aromatic heterocycles. The number of benzene rings is 3. The normalized spacial score (nSPS) is 13.8. The van der Waals surface area contributed by atoms with Crippen molar-refractivity contribution in [2.75, 3.05) is 20.3 Å². The second-order valence-corrected chi connectivity index (χ2v) is 9.92. The monoisotopic (exact) mass is 560 g/mol. The zero-order valence-corrected chi connectivity index (χ0v) is 23.4. The van der Waals surface area contributed by atoms with E-state index in [2.05, 4.69) is 17.2 Å². The van der Waals surface area contributed by atoms with Crippen molar-refractivity contribution >= 4 is 11.8 Å². The molecule has 4 N–H and O–H groups in total. The molecule has 8 nitrogen and oxygen atoms in total. The average Bonchev–Trinajstić information content (AvgIpc) is 3.00. The van der Waals surface area contributed by atoms with Gasteiger partial charge in [-0.15, -0.1) is 6.58 Å². The van der Waals surface area contributed by atoms with Crippen molar-refractivity contribution in [2.24, 2.45) is 5.92 Å². The van der Waals surface area contributed by atoms with Crippen LogP contribution in [-0.2, 0) is 27.4 Å². The minimum atomic E-state index is -0.979.